The lowest BCUT2D eigenvalue weighted by Gasteiger charge is -2.37. The van der Waals surface area contributed by atoms with Crippen LogP contribution in [-0.4, -0.2) is 66.9 Å². The molecular weight excluding hydrogens is 348 g/mol. The van der Waals surface area contributed by atoms with Gasteiger partial charge in [-0.3, -0.25) is 9.59 Å². The van der Waals surface area contributed by atoms with E-state index in [4.69, 9.17) is 9.47 Å². The number of anilines is 2. The third-order valence-electron chi connectivity index (χ3n) is 5.88. The number of likely N-dealkylation sites (tertiary alicyclic amines) is 1. The van der Waals surface area contributed by atoms with Gasteiger partial charge >= 0.3 is 0 Å². The lowest BCUT2D eigenvalue weighted by molar-refractivity contribution is -0.181. The fraction of sp³-hybridized carbons (Fsp3) is 0.632. The molecule has 1 aromatic heterocycles. The fourth-order valence-electron chi connectivity index (χ4n) is 4.08. The highest BCUT2D eigenvalue weighted by Gasteiger charge is 2.41. The van der Waals surface area contributed by atoms with Crippen molar-refractivity contribution in [2.45, 2.75) is 31.5 Å². The molecule has 4 aliphatic rings. The summed E-state index contributed by atoms with van der Waals surface area (Å²) >= 11 is 0. The van der Waals surface area contributed by atoms with E-state index in [2.05, 4.69) is 10.3 Å². The highest BCUT2D eigenvalue weighted by atomic mass is 16.7. The lowest BCUT2D eigenvalue weighted by atomic mass is 10.0. The van der Waals surface area contributed by atoms with Gasteiger partial charge in [0.2, 0.25) is 5.91 Å². The van der Waals surface area contributed by atoms with Crippen molar-refractivity contribution < 1.29 is 19.1 Å². The number of piperidine rings is 1. The molecule has 1 aromatic rings. The van der Waals surface area contributed by atoms with E-state index in [1.165, 1.54) is 0 Å². The Bertz CT molecular complexity index is 763. The van der Waals surface area contributed by atoms with Crippen molar-refractivity contribution in [2.24, 2.45) is 5.92 Å². The Morgan fingerprint density at radius 3 is 2.70 bits per heavy atom. The van der Waals surface area contributed by atoms with E-state index in [-0.39, 0.29) is 18.4 Å². The number of nitrogens with zero attached hydrogens (tertiary/aromatic N) is 3. The van der Waals surface area contributed by atoms with Gasteiger partial charge < -0.3 is 24.6 Å². The molecule has 0 atom stereocenters. The fourth-order valence-corrected chi connectivity index (χ4v) is 4.08. The van der Waals surface area contributed by atoms with Gasteiger partial charge in [0.25, 0.3) is 5.91 Å². The largest absolute Gasteiger partial charge is 0.359 e. The highest BCUT2D eigenvalue weighted by molar-refractivity contribution is 6.04. The van der Waals surface area contributed by atoms with Gasteiger partial charge in [0, 0.05) is 38.7 Å². The second-order valence-corrected chi connectivity index (χ2v) is 7.79. The summed E-state index contributed by atoms with van der Waals surface area (Å²) in [6, 6.07) is 1.81. The van der Waals surface area contributed by atoms with Crippen LogP contribution in [0.15, 0.2) is 12.3 Å². The van der Waals surface area contributed by atoms with Gasteiger partial charge in [0.15, 0.2) is 5.79 Å². The molecule has 3 fully saturated rings. The van der Waals surface area contributed by atoms with Crippen LogP contribution in [0.4, 0.5) is 11.5 Å². The monoisotopic (exact) mass is 372 g/mol. The summed E-state index contributed by atoms with van der Waals surface area (Å²) in [6.07, 6.45) is 5.30. The van der Waals surface area contributed by atoms with Gasteiger partial charge in [0.1, 0.15) is 5.82 Å². The minimum absolute atomic E-state index is 0.0382. The predicted molar refractivity (Wildman–Crippen MR) is 97.6 cm³/mol. The Morgan fingerprint density at radius 2 is 2.00 bits per heavy atom. The number of pyridine rings is 1. The number of amides is 2. The number of carbonyl (C=O) groups excluding carboxylic acids is 2. The van der Waals surface area contributed by atoms with E-state index in [1.54, 1.807) is 11.1 Å². The quantitative estimate of drug-likeness (QED) is 0.859. The third-order valence-corrected chi connectivity index (χ3v) is 5.88. The zero-order valence-corrected chi connectivity index (χ0v) is 15.3. The SMILES string of the molecule is O=C(c1cnc2c(c1)N(CC1CC1)C(=O)CN2)N1CCC2(CC1)OCCO2. The van der Waals surface area contributed by atoms with Crippen molar-refractivity contribution in [1.82, 2.24) is 9.88 Å². The minimum atomic E-state index is -0.498. The molecule has 3 aliphatic heterocycles. The molecule has 2 amide bonds. The van der Waals surface area contributed by atoms with Gasteiger partial charge in [-0.25, -0.2) is 4.98 Å². The molecule has 0 aromatic carbocycles. The van der Waals surface area contributed by atoms with Crippen LogP contribution in [0.2, 0.25) is 0 Å². The average molecular weight is 372 g/mol. The molecule has 0 bridgehead atoms. The van der Waals surface area contributed by atoms with Gasteiger partial charge in [-0.15, -0.1) is 0 Å². The van der Waals surface area contributed by atoms with Gasteiger partial charge in [-0.05, 0) is 24.8 Å². The van der Waals surface area contributed by atoms with E-state index in [0.717, 1.165) is 18.5 Å². The molecule has 1 aliphatic carbocycles. The standard InChI is InChI=1S/C19H24N4O4/c24-16-11-21-17-15(23(16)12-13-1-2-13)9-14(10-20-17)18(25)22-5-3-19(4-6-22)26-7-8-27-19/h9-10,13H,1-8,11-12H2,(H,20,21). The van der Waals surface area contributed by atoms with Crippen molar-refractivity contribution in [3.63, 3.8) is 0 Å². The number of nitrogens with one attached hydrogen (secondary N) is 1. The van der Waals surface area contributed by atoms with Gasteiger partial charge in [-0.2, -0.15) is 0 Å². The summed E-state index contributed by atoms with van der Waals surface area (Å²) in [5, 5.41) is 3.05. The summed E-state index contributed by atoms with van der Waals surface area (Å²) in [5.41, 5.74) is 1.25. The average Bonchev–Trinajstić information content (AvgIpc) is 3.41. The molecule has 1 saturated carbocycles. The number of rotatable bonds is 3. The van der Waals surface area contributed by atoms with Gasteiger partial charge in [0.05, 0.1) is 31.0 Å². The number of aromatic nitrogens is 1. The number of hydrogen-bond acceptors (Lipinski definition) is 6. The lowest BCUT2D eigenvalue weighted by Crippen LogP contribution is -2.47. The summed E-state index contributed by atoms with van der Waals surface area (Å²) in [5.74, 6) is 0.738. The number of fused-ring (bicyclic) bond motifs is 1. The summed E-state index contributed by atoms with van der Waals surface area (Å²) in [7, 11) is 0. The van der Waals surface area contributed by atoms with Crippen LogP contribution in [0.25, 0.3) is 0 Å². The molecule has 8 heteroatoms. The first-order valence-corrected chi connectivity index (χ1v) is 9.75. The Balaban J connectivity index is 1.34. The van der Waals surface area contributed by atoms with E-state index in [0.29, 0.717) is 63.0 Å². The van der Waals surface area contributed by atoms with Crippen LogP contribution in [0.1, 0.15) is 36.0 Å². The second-order valence-electron chi connectivity index (χ2n) is 7.79. The first kappa shape index (κ1) is 16.9. The van der Waals surface area contributed by atoms with Gasteiger partial charge in [-0.1, -0.05) is 0 Å². The third kappa shape index (κ3) is 3.17. The number of hydrogen-bond donors (Lipinski definition) is 1. The van der Waals surface area contributed by atoms with Crippen molar-refractivity contribution >= 4 is 23.3 Å². The molecule has 0 radical (unpaired) electrons. The molecule has 4 heterocycles. The number of ether oxygens (including phenoxy) is 2. The first-order chi connectivity index (χ1) is 13.1. The maximum Gasteiger partial charge on any atom is 0.255 e. The van der Waals surface area contributed by atoms with Crippen molar-refractivity contribution in [1.29, 1.82) is 0 Å². The highest BCUT2D eigenvalue weighted by Crippen LogP contribution is 2.36. The van der Waals surface area contributed by atoms with Crippen LogP contribution < -0.4 is 10.2 Å². The van der Waals surface area contributed by atoms with Crippen molar-refractivity contribution in [2.75, 3.05) is 49.6 Å². The first-order valence-electron chi connectivity index (χ1n) is 9.75. The summed E-state index contributed by atoms with van der Waals surface area (Å²) < 4.78 is 11.5. The zero-order valence-electron chi connectivity index (χ0n) is 15.3. The zero-order chi connectivity index (χ0) is 18.4. The normalized spacial score (nSPS) is 24.1. The molecular formula is C19H24N4O4. The molecule has 144 valence electrons. The molecule has 5 rings (SSSR count). The topological polar surface area (TPSA) is 84.0 Å². The smallest absolute Gasteiger partial charge is 0.255 e. The predicted octanol–water partition coefficient (Wildman–Crippen LogP) is 1.23. The van der Waals surface area contributed by atoms with Crippen LogP contribution in [0, 0.1) is 5.92 Å². The summed E-state index contributed by atoms with van der Waals surface area (Å²) in [4.78, 5) is 33.4. The molecule has 1 spiro atoms. The maximum atomic E-state index is 13.0. The Hall–Kier alpha value is -2.19. The molecule has 1 N–H and O–H groups in total. The Morgan fingerprint density at radius 1 is 1.26 bits per heavy atom. The van der Waals surface area contributed by atoms with Crippen LogP contribution in [-0.2, 0) is 14.3 Å². The molecule has 0 unspecified atom stereocenters. The Kier molecular flexibility index (Phi) is 4.05. The van der Waals surface area contributed by atoms with E-state index in [9.17, 15) is 9.59 Å². The molecule has 27 heavy (non-hydrogen) atoms. The second kappa shape index (κ2) is 6.45. The van der Waals surface area contributed by atoms with Crippen LogP contribution in [0.3, 0.4) is 0 Å². The molecule has 8 nitrogen and oxygen atoms in total. The molecule has 2 saturated heterocycles. The van der Waals surface area contributed by atoms with Crippen LogP contribution >= 0.6 is 0 Å². The van der Waals surface area contributed by atoms with Crippen LogP contribution in [0.5, 0.6) is 0 Å². The maximum absolute atomic E-state index is 13.0. The Labute approximate surface area is 157 Å². The minimum Gasteiger partial charge on any atom is -0.359 e. The van der Waals surface area contributed by atoms with E-state index >= 15 is 0 Å². The van der Waals surface area contributed by atoms with Crippen molar-refractivity contribution in [3.8, 4) is 0 Å². The van der Waals surface area contributed by atoms with E-state index < -0.39 is 5.79 Å². The number of carbonyl (C=O) groups is 2. The van der Waals surface area contributed by atoms with Crippen molar-refractivity contribution in [3.05, 3.63) is 17.8 Å². The van der Waals surface area contributed by atoms with E-state index in [1.807, 2.05) is 11.0 Å². The summed E-state index contributed by atoms with van der Waals surface area (Å²) in [6.45, 7) is 3.42.